The van der Waals surface area contributed by atoms with Crippen LogP contribution in [0.5, 0.6) is 0 Å². The number of nitrogens with two attached hydrogens (primary N) is 1. The SMILES string of the molecule is CN/C=C(\N)c1ccc(-c2ccc3ncc4c(c3n2)n(C2CCN(C(=O)OC(C)(C)C)C2)c(=O)n4C)cn1. The van der Waals surface area contributed by atoms with E-state index in [1.165, 1.54) is 0 Å². The van der Waals surface area contributed by atoms with Gasteiger partial charge in [-0.3, -0.25) is 19.1 Å². The van der Waals surface area contributed by atoms with Crippen molar-refractivity contribution in [3.8, 4) is 11.3 Å². The maximum Gasteiger partial charge on any atom is 0.410 e. The molecule has 0 saturated carbocycles. The maximum atomic E-state index is 13.4. The molecule has 0 bridgehead atoms. The molecule has 1 aliphatic rings. The van der Waals surface area contributed by atoms with Crippen LogP contribution in [0, 0.1) is 0 Å². The number of amides is 1. The number of fused-ring (bicyclic) bond motifs is 3. The molecule has 1 fully saturated rings. The van der Waals surface area contributed by atoms with Crippen molar-refractivity contribution in [1.29, 1.82) is 0 Å². The van der Waals surface area contributed by atoms with Crippen molar-refractivity contribution in [3.63, 3.8) is 0 Å². The van der Waals surface area contributed by atoms with Crippen LogP contribution in [0.2, 0.25) is 0 Å². The smallest absolute Gasteiger partial charge is 0.410 e. The number of rotatable bonds is 4. The van der Waals surface area contributed by atoms with Crippen LogP contribution in [0.1, 0.15) is 38.9 Å². The van der Waals surface area contributed by atoms with Crippen LogP contribution in [-0.2, 0) is 11.8 Å². The van der Waals surface area contributed by atoms with Gasteiger partial charge in [0.15, 0.2) is 0 Å². The molecule has 11 heteroatoms. The summed E-state index contributed by atoms with van der Waals surface area (Å²) in [5.74, 6) is 0. The van der Waals surface area contributed by atoms with Crippen LogP contribution in [0.15, 0.2) is 47.7 Å². The molecule has 198 valence electrons. The van der Waals surface area contributed by atoms with Gasteiger partial charge in [-0.05, 0) is 51.5 Å². The van der Waals surface area contributed by atoms with Crippen molar-refractivity contribution in [2.75, 3.05) is 20.1 Å². The summed E-state index contributed by atoms with van der Waals surface area (Å²) in [5, 5.41) is 2.90. The largest absolute Gasteiger partial charge is 0.444 e. The third-order valence-electron chi connectivity index (χ3n) is 6.60. The summed E-state index contributed by atoms with van der Waals surface area (Å²) >= 11 is 0. The Kier molecular flexibility index (Phi) is 6.29. The molecule has 3 N–H and O–H groups in total. The third-order valence-corrected chi connectivity index (χ3v) is 6.60. The van der Waals surface area contributed by atoms with Crippen LogP contribution in [0.25, 0.3) is 39.0 Å². The lowest BCUT2D eigenvalue weighted by Gasteiger charge is -2.24. The lowest BCUT2D eigenvalue weighted by Crippen LogP contribution is -2.36. The summed E-state index contributed by atoms with van der Waals surface area (Å²) < 4.78 is 8.89. The molecule has 1 amide bonds. The van der Waals surface area contributed by atoms with Crippen molar-refractivity contribution in [2.24, 2.45) is 12.8 Å². The van der Waals surface area contributed by atoms with Gasteiger partial charge < -0.3 is 20.7 Å². The van der Waals surface area contributed by atoms with Gasteiger partial charge in [-0.25, -0.2) is 14.6 Å². The fraction of sp³-hybridized carbons (Fsp3) is 0.370. The number of hydrogen-bond acceptors (Lipinski definition) is 8. The minimum atomic E-state index is -0.588. The van der Waals surface area contributed by atoms with E-state index in [1.807, 2.05) is 45.0 Å². The number of nitrogens with zero attached hydrogens (tertiary/aromatic N) is 6. The zero-order chi connectivity index (χ0) is 27.2. The van der Waals surface area contributed by atoms with Crippen molar-refractivity contribution >= 4 is 33.9 Å². The number of aromatic nitrogens is 5. The highest BCUT2D eigenvalue weighted by Crippen LogP contribution is 2.30. The molecule has 5 rings (SSSR count). The van der Waals surface area contributed by atoms with Gasteiger partial charge >= 0.3 is 11.8 Å². The van der Waals surface area contributed by atoms with E-state index >= 15 is 0 Å². The number of ether oxygens (including phenoxy) is 1. The molecule has 0 radical (unpaired) electrons. The first-order valence-corrected chi connectivity index (χ1v) is 12.5. The number of nitrogens with one attached hydrogen (secondary N) is 1. The summed E-state index contributed by atoms with van der Waals surface area (Å²) in [4.78, 5) is 41.7. The molecule has 11 nitrogen and oxygen atoms in total. The summed E-state index contributed by atoms with van der Waals surface area (Å²) in [6, 6.07) is 7.32. The van der Waals surface area contributed by atoms with Crippen molar-refractivity contribution in [2.45, 2.75) is 38.8 Å². The number of carbonyl (C=O) groups excluding carboxylic acids is 1. The third kappa shape index (κ3) is 4.55. The minimum absolute atomic E-state index is 0.171. The molecule has 4 aromatic rings. The Morgan fingerprint density at radius 1 is 1.18 bits per heavy atom. The number of likely N-dealkylation sites (tertiary alicyclic amines) is 1. The van der Waals surface area contributed by atoms with E-state index in [0.717, 1.165) is 5.56 Å². The predicted molar refractivity (Wildman–Crippen MR) is 146 cm³/mol. The number of imidazole rings is 1. The molecule has 38 heavy (non-hydrogen) atoms. The van der Waals surface area contributed by atoms with Gasteiger partial charge in [0.1, 0.15) is 11.1 Å². The average molecular weight is 517 g/mol. The second kappa shape index (κ2) is 9.47. The van der Waals surface area contributed by atoms with Gasteiger partial charge in [-0.2, -0.15) is 0 Å². The molecule has 1 unspecified atom stereocenters. The van der Waals surface area contributed by atoms with Gasteiger partial charge in [0.25, 0.3) is 0 Å². The second-order valence-electron chi connectivity index (χ2n) is 10.5. The molecule has 0 aliphatic carbocycles. The monoisotopic (exact) mass is 516 g/mol. The average Bonchev–Trinajstić information content (AvgIpc) is 3.46. The molecular weight excluding hydrogens is 484 g/mol. The quantitative estimate of drug-likeness (QED) is 0.423. The fourth-order valence-electron chi connectivity index (χ4n) is 4.78. The van der Waals surface area contributed by atoms with E-state index in [-0.39, 0.29) is 17.8 Å². The van der Waals surface area contributed by atoms with Crippen molar-refractivity contribution in [3.05, 3.63) is 59.0 Å². The molecule has 0 spiro atoms. The zero-order valence-corrected chi connectivity index (χ0v) is 22.2. The molecule has 0 aromatic carbocycles. The summed E-state index contributed by atoms with van der Waals surface area (Å²) in [5.41, 5.74) is 10.6. The van der Waals surface area contributed by atoms with E-state index in [2.05, 4.69) is 15.3 Å². The highest BCUT2D eigenvalue weighted by atomic mass is 16.6. The molecular formula is C27H32N8O3. The highest BCUT2D eigenvalue weighted by molar-refractivity contribution is 6.00. The Morgan fingerprint density at radius 2 is 1.97 bits per heavy atom. The lowest BCUT2D eigenvalue weighted by molar-refractivity contribution is 0.0289. The fourth-order valence-corrected chi connectivity index (χ4v) is 4.78. The molecule has 1 aliphatic heterocycles. The highest BCUT2D eigenvalue weighted by Gasteiger charge is 2.33. The van der Waals surface area contributed by atoms with E-state index in [4.69, 9.17) is 15.5 Å². The van der Waals surface area contributed by atoms with Gasteiger partial charge in [-0.1, -0.05) is 0 Å². The minimum Gasteiger partial charge on any atom is -0.444 e. The van der Waals surface area contributed by atoms with Crippen LogP contribution >= 0.6 is 0 Å². The lowest BCUT2D eigenvalue weighted by atomic mass is 10.1. The molecule has 5 heterocycles. The first-order chi connectivity index (χ1) is 18.1. The number of hydrogen-bond donors (Lipinski definition) is 2. The summed E-state index contributed by atoms with van der Waals surface area (Å²) in [7, 11) is 3.50. The summed E-state index contributed by atoms with van der Waals surface area (Å²) in [6.45, 7) is 6.41. The van der Waals surface area contributed by atoms with Crippen molar-refractivity contribution in [1.82, 2.24) is 34.3 Å². The first-order valence-electron chi connectivity index (χ1n) is 12.5. The maximum absolute atomic E-state index is 13.4. The van der Waals surface area contributed by atoms with Crippen LogP contribution in [-0.4, -0.2) is 60.8 Å². The Balaban J connectivity index is 1.57. The summed E-state index contributed by atoms with van der Waals surface area (Å²) in [6.07, 6.45) is 5.36. The van der Waals surface area contributed by atoms with Crippen LogP contribution in [0.4, 0.5) is 4.79 Å². The first kappa shape index (κ1) is 25.2. The Labute approximate surface area is 219 Å². The van der Waals surface area contributed by atoms with Crippen LogP contribution in [0.3, 0.4) is 0 Å². The Hall–Kier alpha value is -4.41. The van der Waals surface area contributed by atoms with E-state index in [0.29, 0.717) is 58.7 Å². The molecule has 4 aromatic heterocycles. The number of pyridine rings is 3. The van der Waals surface area contributed by atoms with E-state index in [1.54, 1.807) is 46.7 Å². The van der Waals surface area contributed by atoms with Gasteiger partial charge in [0, 0.05) is 45.1 Å². The zero-order valence-electron chi connectivity index (χ0n) is 22.2. The van der Waals surface area contributed by atoms with Crippen LogP contribution < -0.4 is 16.7 Å². The van der Waals surface area contributed by atoms with Gasteiger partial charge in [0.2, 0.25) is 0 Å². The second-order valence-corrected chi connectivity index (χ2v) is 10.5. The molecule has 1 atom stereocenters. The van der Waals surface area contributed by atoms with Gasteiger partial charge in [-0.15, -0.1) is 0 Å². The van der Waals surface area contributed by atoms with E-state index < -0.39 is 5.60 Å². The number of carbonyl (C=O) groups is 1. The Bertz CT molecular complexity index is 1610. The normalized spacial score (nSPS) is 16.4. The molecule has 1 saturated heterocycles. The standard InChI is InChI=1S/C27H32N8O3/c1-27(2,3)38-26(37)34-11-10-17(15-34)35-24-22(33(5)25(35)36)14-31-21-9-8-19(32-23(21)24)16-6-7-20(30-12-16)18(28)13-29-4/h6-9,12-14,17,29H,10-11,15,28H2,1-5H3/b18-13-. The topological polar surface area (TPSA) is 133 Å². The number of aryl methyl sites for hydroxylation is 1. The van der Waals surface area contributed by atoms with Crippen molar-refractivity contribution < 1.29 is 9.53 Å². The Morgan fingerprint density at radius 3 is 2.66 bits per heavy atom. The predicted octanol–water partition coefficient (Wildman–Crippen LogP) is 3.00. The van der Waals surface area contributed by atoms with Gasteiger partial charge in [0.05, 0.1) is 45.9 Å². The van der Waals surface area contributed by atoms with E-state index in [9.17, 15) is 9.59 Å².